The summed E-state index contributed by atoms with van der Waals surface area (Å²) in [5.74, 6) is 0. The number of aliphatic hydroxyl groups is 2. The van der Waals surface area contributed by atoms with E-state index in [4.69, 9.17) is 9.84 Å². The van der Waals surface area contributed by atoms with Crippen LogP contribution < -0.4 is 0 Å². The minimum absolute atomic E-state index is 0.236. The maximum atomic E-state index is 11.7. The number of hydrogen-bond donors (Lipinski definition) is 2. The first kappa shape index (κ1) is 12.3. The Morgan fingerprint density at radius 3 is 2.60 bits per heavy atom. The van der Waals surface area contributed by atoms with E-state index >= 15 is 0 Å². The zero-order valence-corrected chi connectivity index (χ0v) is 9.43. The first-order chi connectivity index (χ1) is 6.85. The first-order valence-corrected chi connectivity index (χ1v) is 5.13. The lowest BCUT2D eigenvalue weighted by Crippen LogP contribution is -2.44. The second-order valence-electron chi connectivity index (χ2n) is 4.78. The molecule has 0 radical (unpaired) electrons. The fourth-order valence-corrected chi connectivity index (χ4v) is 1.60. The molecule has 0 unspecified atom stereocenters. The van der Waals surface area contributed by atoms with E-state index in [1.54, 1.807) is 20.8 Å². The molecule has 1 amide bonds. The van der Waals surface area contributed by atoms with Gasteiger partial charge in [-0.2, -0.15) is 0 Å². The summed E-state index contributed by atoms with van der Waals surface area (Å²) in [4.78, 5) is 13.0. The van der Waals surface area contributed by atoms with Crippen LogP contribution >= 0.6 is 0 Å². The molecular formula is C10H19NO4. The van der Waals surface area contributed by atoms with Gasteiger partial charge in [-0.3, -0.25) is 0 Å². The molecule has 1 fully saturated rings. The van der Waals surface area contributed by atoms with Crippen molar-refractivity contribution in [3.05, 3.63) is 0 Å². The predicted molar refractivity (Wildman–Crippen MR) is 54.4 cm³/mol. The van der Waals surface area contributed by atoms with Gasteiger partial charge in [0.1, 0.15) is 5.60 Å². The van der Waals surface area contributed by atoms with Gasteiger partial charge in [0.25, 0.3) is 0 Å². The molecule has 5 nitrogen and oxygen atoms in total. The summed E-state index contributed by atoms with van der Waals surface area (Å²) in [6.07, 6.45) is -0.634. The van der Waals surface area contributed by atoms with E-state index in [0.717, 1.165) is 0 Å². The van der Waals surface area contributed by atoms with Crippen molar-refractivity contribution in [3.63, 3.8) is 0 Å². The molecule has 2 N–H and O–H groups in total. The normalized spacial score (nSPS) is 26.9. The third-order valence-corrected chi connectivity index (χ3v) is 2.33. The average molecular weight is 217 g/mol. The van der Waals surface area contributed by atoms with E-state index in [0.29, 0.717) is 13.0 Å². The second-order valence-corrected chi connectivity index (χ2v) is 4.78. The van der Waals surface area contributed by atoms with Gasteiger partial charge < -0.3 is 19.8 Å². The molecule has 1 aliphatic rings. The lowest BCUT2D eigenvalue weighted by Gasteiger charge is -2.28. The summed E-state index contributed by atoms with van der Waals surface area (Å²) < 4.78 is 5.17. The standard InChI is InChI=1S/C10H19NO4/c1-10(2,3)15-9(14)11-5-4-8(13)7(11)6-12/h7-8,12-13H,4-6H2,1-3H3/t7-,8-/m1/s1. The number of rotatable bonds is 1. The lowest BCUT2D eigenvalue weighted by atomic mass is 10.2. The summed E-state index contributed by atoms with van der Waals surface area (Å²) in [6.45, 7) is 5.55. The minimum atomic E-state index is -0.650. The molecule has 2 atom stereocenters. The van der Waals surface area contributed by atoms with Crippen LogP contribution in [0.25, 0.3) is 0 Å². The molecule has 1 saturated heterocycles. The fourth-order valence-electron chi connectivity index (χ4n) is 1.60. The van der Waals surface area contributed by atoms with E-state index in [-0.39, 0.29) is 6.61 Å². The van der Waals surface area contributed by atoms with Crippen LogP contribution in [-0.2, 0) is 4.74 Å². The summed E-state index contributed by atoms with van der Waals surface area (Å²) in [6, 6.07) is -0.528. The van der Waals surface area contributed by atoms with Crippen molar-refractivity contribution in [1.29, 1.82) is 0 Å². The minimum Gasteiger partial charge on any atom is -0.444 e. The average Bonchev–Trinajstić information content (AvgIpc) is 2.43. The van der Waals surface area contributed by atoms with E-state index in [9.17, 15) is 9.90 Å². The van der Waals surface area contributed by atoms with Gasteiger partial charge >= 0.3 is 6.09 Å². The van der Waals surface area contributed by atoms with E-state index < -0.39 is 23.8 Å². The quantitative estimate of drug-likeness (QED) is 0.665. The van der Waals surface area contributed by atoms with Crippen LogP contribution in [0.1, 0.15) is 27.2 Å². The molecule has 1 rings (SSSR count). The van der Waals surface area contributed by atoms with Gasteiger partial charge in [0, 0.05) is 6.54 Å². The third kappa shape index (κ3) is 3.07. The molecule has 88 valence electrons. The van der Waals surface area contributed by atoms with Crippen molar-refractivity contribution in [1.82, 2.24) is 4.90 Å². The Morgan fingerprint density at radius 1 is 1.53 bits per heavy atom. The number of carbonyl (C=O) groups excluding carboxylic acids is 1. The zero-order chi connectivity index (χ0) is 11.6. The van der Waals surface area contributed by atoms with Crippen molar-refractivity contribution >= 4 is 6.09 Å². The van der Waals surface area contributed by atoms with Gasteiger partial charge in [-0.15, -0.1) is 0 Å². The smallest absolute Gasteiger partial charge is 0.410 e. The molecule has 5 heteroatoms. The molecule has 0 aromatic heterocycles. The monoisotopic (exact) mass is 217 g/mol. The van der Waals surface area contributed by atoms with Gasteiger partial charge in [0.2, 0.25) is 0 Å². The molecule has 0 spiro atoms. The van der Waals surface area contributed by atoms with Gasteiger partial charge in [-0.05, 0) is 27.2 Å². The Balaban J connectivity index is 2.60. The summed E-state index contributed by atoms with van der Waals surface area (Å²) in [5.41, 5.74) is -0.551. The summed E-state index contributed by atoms with van der Waals surface area (Å²) >= 11 is 0. The number of amides is 1. The predicted octanol–water partition coefficient (Wildman–Crippen LogP) is 0.349. The van der Waals surface area contributed by atoms with Gasteiger partial charge in [0.05, 0.1) is 18.8 Å². The number of likely N-dealkylation sites (tertiary alicyclic amines) is 1. The fraction of sp³-hybridized carbons (Fsp3) is 0.900. The maximum absolute atomic E-state index is 11.7. The Bertz CT molecular complexity index is 236. The Kier molecular flexibility index (Phi) is 3.57. The van der Waals surface area contributed by atoms with E-state index in [1.807, 2.05) is 0 Å². The number of nitrogens with zero attached hydrogens (tertiary/aromatic N) is 1. The Hall–Kier alpha value is -0.810. The van der Waals surface area contributed by atoms with Crippen molar-refractivity contribution in [2.24, 2.45) is 0 Å². The lowest BCUT2D eigenvalue weighted by molar-refractivity contribution is 0.00661. The number of ether oxygens (including phenoxy) is 1. The molecule has 0 aliphatic carbocycles. The van der Waals surface area contributed by atoms with E-state index in [2.05, 4.69) is 0 Å². The van der Waals surface area contributed by atoms with E-state index in [1.165, 1.54) is 4.90 Å². The molecule has 0 bridgehead atoms. The van der Waals surface area contributed by atoms with Crippen LogP contribution in [0.4, 0.5) is 4.79 Å². The van der Waals surface area contributed by atoms with Crippen molar-refractivity contribution in [2.45, 2.75) is 44.9 Å². The van der Waals surface area contributed by atoms with Crippen LogP contribution in [0.15, 0.2) is 0 Å². The number of aliphatic hydroxyl groups excluding tert-OH is 2. The highest BCUT2D eigenvalue weighted by Crippen LogP contribution is 2.20. The van der Waals surface area contributed by atoms with Crippen LogP contribution in [0, 0.1) is 0 Å². The van der Waals surface area contributed by atoms with Crippen molar-refractivity contribution in [3.8, 4) is 0 Å². The van der Waals surface area contributed by atoms with Crippen LogP contribution in [-0.4, -0.2) is 52.1 Å². The maximum Gasteiger partial charge on any atom is 0.410 e. The molecule has 1 aliphatic heterocycles. The number of hydrogen-bond acceptors (Lipinski definition) is 4. The summed E-state index contributed by atoms with van der Waals surface area (Å²) in [5, 5.41) is 18.5. The molecule has 1 heterocycles. The van der Waals surface area contributed by atoms with Crippen LogP contribution in [0.2, 0.25) is 0 Å². The molecule has 0 aromatic carbocycles. The highest BCUT2D eigenvalue weighted by Gasteiger charge is 2.37. The SMILES string of the molecule is CC(C)(C)OC(=O)N1CC[C@@H](O)[C@H]1CO. The summed E-state index contributed by atoms with van der Waals surface area (Å²) in [7, 11) is 0. The highest BCUT2D eigenvalue weighted by molar-refractivity contribution is 5.69. The Labute approximate surface area is 89.6 Å². The largest absolute Gasteiger partial charge is 0.444 e. The van der Waals surface area contributed by atoms with Gasteiger partial charge in [-0.25, -0.2) is 4.79 Å². The zero-order valence-electron chi connectivity index (χ0n) is 9.43. The third-order valence-electron chi connectivity index (χ3n) is 2.33. The van der Waals surface area contributed by atoms with Gasteiger partial charge in [-0.1, -0.05) is 0 Å². The number of carbonyl (C=O) groups is 1. The highest BCUT2D eigenvalue weighted by atomic mass is 16.6. The molecule has 0 aromatic rings. The van der Waals surface area contributed by atoms with Crippen molar-refractivity contribution < 1.29 is 19.7 Å². The van der Waals surface area contributed by atoms with Crippen molar-refractivity contribution in [2.75, 3.05) is 13.2 Å². The van der Waals surface area contributed by atoms with Crippen LogP contribution in [0.5, 0.6) is 0 Å². The van der Waals surface area contributed by atoms with Gasteiger partial charge in [0.15, 0.2) is 0 Å². The first-order valence-electron chi connectivity index (χ1n) is 5.13. The Morgan fingerprint density at radius 2 is 2.13 bits per heavy atom. The molecular weight excluding hydrogens is 198 g/mol. The second kappa shape index (κ2) is 4.37. The topological polar surface area (TPSA) is 70.0 Å². The molecule has 0 saturated carbocycles. The van der Waals surface area contributed by atoms with Crippen LogP contribution in [0.3, 0.4) is 0 Å². The molecule has 15 heavy (non-hydrogen) atoms.